The molecule has 1 aliphatic rings. The third kappa shape index (κ3) is 4.64. The molecule has 3 N–H and O–H groups in total. The number of rotatable bonds is 7. The Hall–Kier alpha value is -0.610. The number of amides is 1. The van der Waals surface area contributed by atoms with E-state index in [4.69, 9.17) is 5.73 Å². The molecule has 1 heterocycles. The molecule has 1 saturated heterocycles. The van der Waals surface area contributed by atoms with E-state index in [1.165, 1.54) is 0 Å². The van der Waals surface area contributed by atoms with E-state index < -0.39 is 0 Å². The highest BCUT2D eigenvalue weighted by Gasteiger charge is 2.32. The van der Waals surface area contributed by atoms with E-state index >= 15 is 0 Å². The molecule has 100 valence electrons. The van der Waals surface area contributed by atoms with Crippen molar-refractivity contribution in [1.82, 2.24) is 4.90 Å². The summed E-state index contributed by atoms with van der Waals surface area (Å²) in [6, 6.07) is 0.261. The van der Waals surface area contributed by atoms with Crippen LogP contribution in [0.2, 0.25) is 0 Å². The van der Waals surface area contributed by atoms with Gasteiger partial charge >= 0.3 is 0 Å². The Morgan fingerprint density at radius 3 is 2.82 bits per heavy atom. The molecule has 17 heavy (non-hydrogen) atoms. The standard InChI is InChI=1S/C13H26N2O2/c1-2-6-11-9-12(16)10-15(11)13(17)7-4-3-5-8-14/h11-12,16H,2-10,14H2,1H3. The summed E-state index contributed by atoms with van der Waals surface area (Å²) < 4.78 is 0. The van der Waals surface area contributed by atoms with Gasteiger partial charge in [-0.1, -0.05) is 19.8 Å². The van der Waals surface area contributed by atoms with Crippen LogP contribution in [0.3, 0.4) is 0 Å². The van der Waals surface area contributed by atoms with E-state index in [0.717, 1.165) is 38.5 Å². The molecule has 0 bridgehead atoms. The molecule has 0 spiro atoms. The van der Waals surface area contributed by atoms with Gasteiger partial charge in [-0.15, -0.1) is 0 Å². The molecule has 0 aromatic rings. The summed E-state index contributed by atoms with van der Waals surface area (Å²) in [6.07, 6.45) is 6.04. The van der Waals surface area contributed by atoms with Crippen molar-refractivity contribution in [2.45, 2.75) is 64.0 Å². The molecule has 4 nitrogen and oxygen atoms in total. The van der Waals surface area contributed by atoms with Crippen LogP contribution in [0.1, 0.15) is 51.9 Å². The van der Waals surface area contributed by atoms with Gasteiger partial charge < -0.3 is 15.7 Å². The van der Waals surface area contributed by atoms with Crippen molar-refractivity contribution in [2.24, 2.45) is 5.73 Å². The Labute approximate surface area is 104 Å². The van der Waals surface area contributed by atoms with E-state index in [1.807, 2.05) is 4.90 Å². The van der Waals surface area contributed by atoms with Gasteiger partial charge in [-0.3, -0.25) is 4.79 Å². The van der Waals surface area contributed by atoms with Crippen LogP contribution in [0, 0.1) is 0 Å². The van der Waals surface area contributed by atoms with Crippen LogP contribution in [-0.4, -0.2) is 41.1 Å². The maximum Gasteiger partial charge on any atom is 0.222 e. The van der Waals surface area contributed by atoms with Crippen molar-refractivity contribution in [3.05, 3.63) is 0 Å². The van der Waals surface area contributed by atoms with Gasteiger partial charge in [0.25, 0.3) is 0 Å². The number of unbranched alkanes of at least 4 members (excludes halogenated alkanes) is 2. The average Bonchev–Trinajstić information content (AvgIpc) is 2.66. The number of nitrogens with two attached hydrogens (primary N) is 1. The molecule has 2 unspecified atom stereocenters. The van der Waals surface area contributed by atoms with E-state index in [0.29, 0.717) is 19.5 Å². The molecule has 1 rings (SSSR count). The summed E-state index contributed by atoms with van der Waals surface area (Å²) in [4.78, 5) is 13.9. The zero-order valence-corrected chi connectivity index (χ0v) is 10.9. The minimum absolute atomic E-state index is 0.206. The topological polar surface area (TPSA) is 66.6 Å². The Morgan fingerprint density at radius 1 is 1.41 bits per heavy atom. The van der Waals surface area contributed by atoms with Crippen molar-refractivity contribution in [1.29, 1.82) is 0 Å². The number of carbonyl (C=O) groups is 1. The second-order valence-electron chi connectivity index (χ2n) is 4.98. The summed E-state index contributed by atoms with van der Waals surface area (Å²) in [5, 5.41) is 9.64. The van der Waals surface area contributed by atoms with E-state index in [1.54, 1.807) is 0 Å². The van der Waals surface area contributed by atoms with Crippen LogP contribution in [-0.2, 0) is 4.79 Å². The predicted molar refractivity (Wildman–Crippen MR) is 68.6 cm³/mol. The summed E-state index contributed by atoms with van der Waals surface area (Å²) in [5.41, 5.74) is 5.42. The molecular formula is C13H26N2O2. The SMILES string of the molecule is CCCC1CC(O)CN1C(=O)CCCCCN. The van der Waals surface area contributed by atoms with Crippen LogP contribution in [0.15, 0.2) is 0 Å². The third-order valence-corrected chi connectivity index (χ3v) is 3.43. The molecule has 1 amide bonds. The number of hydrogen-bond donors (Lipinski definition) is 2. The van der Waals surface area contributed by atoms with E-state index in [9.17, 15) is 9.90 Å². The second-order valence-corrected chi connectivity index (χ2v) is 4.98. The number of carbonyl (C=O) groups excluding carboxylic acids is 1. The summed E-state index contributed by atoms with van der Waals surface area (Å²) in [6.45, 7) is 3.35. The molecule has 0 aromatic carbocycles. The minimum Gasteiger partial charge on any atom is -0.391 e. The highest BCUT2D eigenvalue weighted by Crippen LogP contribution is 2.23. The largest absolute Gasteiger partial charge is 0.391 e. The molecule has 0 saturated carbocycles. The van der Waals surface area contributed by atoms with Gasteiger partial charge in [-0.05, 0) is 32.2 Å². The highest BCUT2D eigenvalue weighted by atomic mass is 16.3. The Kier molecular flexibility index (Phi) is 6.52. The van der Waals surface area contributed by atoms with Crippen molar-refractivity contribution >= 4 is 5.91 Å². The quantitative estimate of drug-likeness (QED) is 0.661. The smallest absolute Gasteiger partial charge is 0.222 e. The summed E-state index contributed by atoms with van der Waals surface area (Å²) in [7, 11) is 0. The number of aliphatic hydroxyl groups is 1. The summed E-state index contributed by atoms with van der Waals surface area (Å²) in [5.74, 6) is 0.206. The first-order chi connectivity index (χ1) is 8.19. The van der Waals surface area contributed by atoms with Crippen LogP contribution < -0.4 is 5.73 Å². The van der Waals surface area contributed by atoms with Gasteiger partial charge in [0, 0.05) is 19.0 Å². The number of nitrogens with zero attached hydrogens (tertiary/aromatic N) is 1. The summed E-state index contributed by atoms with van der Waals surface area (Å²) >= 11 is 0. The average molecular weight is 242 g/mol. The molecule has 2 atom stereocenters. The predicted octanol–water partition coefficient (Wildman–Crippen LogP) is 1.27. The molecule has 0 radical (unpaired) electrons. The van der Waals surface area contributed by atoms with Gasteiger partial charge in [0.05, 0.1) is 6.10 Å². The first-order valence-corrected chi connectivity index (χ1v) is 6.86. The lowest BCUT2D eigenvalue weighted by Crippen LogP contribution is -2.35. The lowest BCUT2D eigenvalue weighted by molar-refractivity contribution is -0.132. The monoisotopic (exact) mass is 242 g/mol. The van der Waals surface area contributed by atoms with Crippen molar-refractivity contribution < 1.29 is 9.90 Å². The number of likely N-dealkylation sites (tertiary alicyclic amines) is 1. The fourth-order valence-corrected chi connectivity index (χ4v) is 2.55. The van der Waals surface area contributed by atoms with Crippen LogP contribution in [0.4, 0.5) is 0 Å². The maximum atomic E-state index is 12.0. The van der Waals surface area contributed by atoms with Gasteiger partial charge in [0.2, 0.25) is 5.91 Å². The van der Waals surface area contributed by atoms with Gasteiger partial charge in [-0.2, -0.15) is 0 Å². The second kappa shape index (κ2) is 7.67. The van der Waals surface area contributed by atoms with Crippen molar-refractivity contribution in [3.8, 4) is 0 Å². The molecule has 4 heteroatoms. The molecule has 1 fully saturated rings. The van der Waals surface area contributed by atoms with Crippen LogP contribution in [0.25, 0.3) is 0 Å². The van der Waals surface area contributed by atoms with Crippen LogP contribution in [0.5, 0.6) is 0 Å². The number of aliphatic hydroxyl groups excluding tert-OH is 1. The molecule has 0 aliphatic carbocycles. The Balaban J connectivity index is 2.33. The van der Waals surface area contributed by atoms with E-state index in [-0.39, 0.29) is 18.1 Å². The molecule has 0 aromatic heterocycles. The van der Waals surface area contributed by atoms with Crippen LogP contribution >= 0.6 is 0 Å². The molecular weight excluding hydrogens is 216 g/mol. The fraction of sp³-hybridized carbons (Fsp3) is 0.923. The lowest BCUT2D eigenvalue weighted by Gasteiger charge is -2.24. The highest BCUT2D eigenvalue weighted by molar-refractivity contribution is 5.76. The number of β-amino-alcohol motifs (C(OH)–C–C–N with tert-alkyl or cyclic N) is 1. The lowest BCUT2D eigenvalue weighted by atomic mass is 10.1. The third-order valence-electron chi connectivity index (χ3n) is 3.43. The molecule has 1 aliphatic heterocycles. The Morgan fingerprint density at radius 2 is 2.18 bits per heavy atom. The normalized spacial score (nSPS) is 24.3. The Bertz CT molecular complexity index is 233. The van der Waals surface area contributed by atoms with E-state index in [2.05, 4.69) is 6.92 Å². The van der Waals surface area contributed by atoms with Gasteiger partial charge in [0.15, 0.2) is 0 Å². The first kappa shape index (κ1) is 14.5. The van der Waals surface area contributed by atoms with Crippen molar-refractivity contribution in [3.63, 3.8) is 0 Å². The first-order valence-electron chi connectivity index (χ1n) is 6.86. The maximum absolute atomic E-state index is 12.0. The minimum atomic E-state index is -0.320. The zero-order chi connectivity index (χ0) is 12.7. The van der Waals surface area contributed by atoms with Gasteiger partial charge in [0.1, 0.15) is 0 Å². The fourth-order valence-electron chi connectivity index (χ4n) is 2.55. The number of hydrogen-bond acceptors (Lipinski definition) is 3. The zero-order valence-electron chi connectivity index (χ0n) is 10.9. The van der Waals surface area contributed by atoms with Gasteiger partial charge in [-0.25, -0.2) is 0 Å². The van der Waals surface area contributed by atoms with Crippen molar-refractivity contribution in [2.75, 3.05) is 13.1 Å².